The highest BCUT2D eigenvalue weighted by molar-refractivity contribution is 5.60. The predicted octanol–water partition coefficient (Wildman–Crippen LogP) is 0.779. The van der Waals surface area contributed by atoms with Gasteiger partial charge in [-0.15, -0.1) is 0 Å². The normalized spacial score (nSPS) is 9.57. The maximum atomic E-state index is 8.86. The van der Waals surface area contributed by atoms with Gasteiger partial charge in [0.1, 0.15) is 18.1 Å². The Balaban J connectivity index is 0.000000219. The predicted molar refractivity (Wildman–Crippen MR) is 84.8 cm³/mol. The number of hydrogen-bond donors (Lipinski definition) is 6. The van der Waals surface area contributed by atoms with Gasteiger partial charge in [0, 0.05) is 11.4 Å². The number of aliphatic hydroxyl groups excluding tert-OH is 1. The van der Waals surface area contributed by atoms with E-state index < -0.39 is 0 Å². The average molecular weight is 292 g/mol. The van der Waals surface area contributed by atoms with Gasteiger partial charge in [0.05, 0.1) is 18.0 Å². The summed E-state index contributed by atoms with van der Waals surface area (Å²) in [6, 6.07) is 9.56. The van der Waals surface area contributed by atoms with E-state index in [9.17, 15) is 0 Å². The number of phenolic OH excluding ortho intramolecular Hbond substituents is 1. The van der Waals surface area contributed by atoms with Gasteiger partial charge in [0.15, 0.2) is 0 Å². The highest BCUT2D eigenvalue weighted by Gasteiger charge is 1.98. The van der Waals surface area contributed by atoms with Crippen molar-refractivity contribution in [3.63, 3.8) is 0 Å². The molecule has 0 aliphatic heterocycles. The second-order valence-corrected chi connectivity index (χ2v) is 4.19. The molecule has 0 saturated carbocycles. The Morgan fingerprint density at radius 2 is 1.43 bits per heavy atom. The summed E-state index contributed by atoms with van der Waals surface area (Å²) in [6.45, 7) is 0.220. The van der Waals surface area contributed by atoms with E-state index in [4.69, 9.17) is 37.9 Å². The second-order valence-electron chi connectivity index (χ2n) is 4.19. The number of anilines is 4. The van der Waals surface area contributed by atoms with Gasteiger partial charge in [0.2, 0.25) is 0 Å². The van der Waals surface area contributed by atoms with Gasteiger partial charge in [-0.25, -0.2) is 0 Å². The summed E-state index contributed by atoms with van der Waals surface area (Å²) in [5, 5.41) is 17.3. The first-order valence-electron chi connectivity index (χ1n) is 6.16. The van der Waals surface area contributed by atoms with Crippen LogP contribution in [0.2, 0.25) is 0 Å². The SMILES string of the molecule is Nc1ccc(O)c(N)c1.Nc1ccc(OCCO)c(N)c1. The minimum absolute atomic E-state index is 0.0240. The van der Waals surface area contributed by atoms with Crippen LogP contribution in [0.25, 0.3) is 0 Å². The first kappa shape index (κ1) is 16.3. The Kier molecular flexibility index (Phi) is 5.97. The number of aliphatic hydroxyl groups is 1. The van der Waals surface area contributed by atoms with E-state index in [1.54, 1.807) is 24.3 Å². The third-order valence-electron chi connectivity index (χ3n) is 2.43. The third-order valence-corrected chi connectivity index (χ3v) is 2.43. The number of hydrogen-bond acceptors (Lipinski definition) is 7. The third kappa shape index (κ3) is 5.37. The van der Waals surface area contributed by atoms with Crippen LogP contribution in [0.15, 0.2) is 36.4 Å². The van der Waals surface area contributed by atoms with Gasteiger partial charge < -0.3 is 37.9 Å². The molecule has 0 radical (unpaired) electrons. The van der Waals surface area contributed by atoms with E-state index in [0.717, 1.165) is 0 Å². The summed E-state index contributed by atoms with van der Waals surface area (Å²) >= 11 is 0. The first-order valence-corrected chi connectivity index (χ1v) is 6.16. The van der Waals surface area contributed by atoms with Crippen molar-refractivity contribution in [2.24, 2.45) is 0 Å². The Morgan fingerprint density at radius 3 is 1.90 bits per heavy atom. The molecule has 2 aromatic rings. The standard InChI is InChI=1S/C8H12N2O2.C6H8N2O/c9-6-1-2-8(7(10)5-6)12-4-3-11;7-4-1-2-6(9)5(8)3-4/h1-2,5,11H,3-4,9-10H2;1-3,9H,7-8H2. The van der Waals surface area contributed by atoms with Crippen LogP contribution >= 0.6 is 0 Å². The molecule has 0 spiro atoms. The zero-order valence-corrected chi connectivity index (χ0v) is 11.5. The highest BCUT2D eigenvalue weighted by atomic mass is 16.5. The monoisotopic (exact) mass is 292 g/mol. The molecular formula is C14H20N4O3. The maximum absolute atomic E-state index is 8.86. The number of aromatic hydroxyl groups is 1. The lowest BCUT2D eigenvalue weighted by molar-refractivity contribution is 0.202. The molecule has 7 nitrogen and oxygen atoms in total. The fourth-order valence-electron chi connectivity index (χ4n) is 1.43. The first-order chi connectivity index (χ1) is 9.93. The van der Waals surface area contributed by atoms with Crippen LogP contribution in [-0.4, -0.2) is 23.4 Å². The molecule has 0 unspecified atom stereocenters. The summed E-state index contributed by atoms with van der Waals surface area (Å²) < 4.78 is 5.11. The summed E-state index contributed by atoms with van der Waals surface area (Å²) in [5.41, 5.74) is 23.6. The van der Waals surface area contributed by atoms with Crippen molar-refractivity contribution in [1.29, 1.82) is 0 Å². The molecular weight excluding hydrogens is 272 g/mol. The number of phenols is 1. The molecule has 2 aromatic carbocycles. The molecule has 10 N–H and O–H groups in total. The lowest BCUT2D eigenvalue weighted by atomic mass is 10.2. The maximum Gasteiger partial charge on any atom is 0.142 e. The van der Waals surface area contributed by atoms with Gasteiger partial charge >= 0.3 is 0 Å². The minimum atomic E-state index is -0.0240. The molecule has 0 aliphatic carbocycles. The fourth-order valence-corrected chi connectivity index (χ4v) is 1.43. The Labute approximate surface area is 122 Å². The zero-order valence-electron chi connectivity index (χ0n) is 11.5. The van der Waals surface area contributed by atoms with E-state index >= 15 is 0 Å². The summed E-state index contributed by atoms with van der Waals surface area (Å²) in [7, 11) is 0. The second kappa shape index (κ2) is 7.71. The van der Waals surface area contributed by atoms with Gasteiger partial charge in [-0.1, -0.05) is 0 Å². The topological polar surface area (TPSA) is 154 Å². The van der Waals surface area contributed by atoms with Gasteiger partial charge in [-0.2, -0.15) is 0 Å². The molecule has 0 saturated heterocycles. The van der Waals surface area contributed by atoms with Crippen molar-refractivity contribution in [2.45, 2.75) is 0 Å². The lowest BCUT2D eigenvalue weighted by Gasteiger charge is -2.07. The average Bonchev–Trinajstić information content (AvgIpc) is 2.43. The van der Waals surface area contributed by atoms with Crippen molar-refractivity contribution < 1.29 is 14.9 Å². The fraction of sp³-hybridized carbons (Fsp3) is 0.143. The molecule has 0 heterocycles. The highest BCUT2D eigenvalue weighted by Crippen LogP contribution is 2.23. The molecule has 7 heteroatoms. The molecule has 0 amide bonds. The molecule has 2 rings (SSSR count). The number of nitrogen functional groups attached to an aromatic ring is 4. The smallest absolute Gasteiger partial charge is 0.142 e. The van der Waals surface area contributed by atoms with Crippen LogP contribution in [-0.2, 0) is 0 Å². The van der Waals surface area contributed by atoms with Crippen LogP contribution in [0.1, 0.15) is 0 Å². The van der Waals surface area contributed by atoms with Crippen LogP contribution in [0.4, 0.5) is 22.7 Å². The molecule has 0 atom stereocenters. The molecule has 21 heavy (non-hydrogen) atoms. The van der Waals surface area contributed by atoms with E-state index in [2.05, 4.69) is 0 Å². The van der Waals surface area contributed by atoms with Gasteiger partial charge in [0.25, 0.3) is 0 Å². The van der Waals surface area contributed by atoms with Crippen LogP contribution in [0.5, 0.6) is 11.5 Å². The van der Waals surface area contributed by atoms with Crippen molar-refractivity contribution in [2.75, 3.05) is 36.1 Å². The van der Waals surface area contributed by atoms with Gasteiger partial charge in [-0.3, -0.25) is 0 Å². The summed E-state index contributed by atoms with van der Waals surface area (Å²) in [5.74, 6) is 0.627. The molecule has 0 bridgehead atoms. The molecule has 0 aliphatic rings. The Bertz CT molecular complexity index is 590. The minimum Gasteiger partial charge on any atom is -0.506 e. The van der Waals surface area contributed by atoms with E-state index in [-0.39, 0.29) is 19.0 Å². The van der Waals surface area contributed by atoms with E-state index in [0.29, 0.717) is 28.5 Å². The number of rotatable bonds is 3. The van der Waals surface area contributed by atoms with Crippen LogP contribution < -0.4 is 27.7 Å². The van der Waals surface area contributed by atoms with Crippen LogP contribution in [0, 0.1) is 0 Å². The van der Waals surface area contributed by atoms with Gasteiger partial charge in [-0.05, 0) is 36.4 Å². The van der Waals surface area contributed by atoms with Crippen molar-refractivity contribution in [3.05, 3.63) is 36.4 Å². The summed E-state index contributed by atoms with van der Waals surface area (Å²) in [4.78, 5) is 0. The van der Waals surface area contributed by atoms with E-state index in [1.807, 2.05) is 0 Å². The zero-order chi connectivity index (χ0) is 15.8. The Hall–Kier alpha value is -2.80. The number of nitrogens with two attached hydrogens (primary N) is 4. The quantitative estimate of drug-likeness (QED) is 0.277. The van der Waals surface area contributed by atoms with Crippen molar-refractivity contribution in [3.8, 4) is 11.5 Å². The van der Waals surface area contributed by atoms with Crippen molar-refractivity contribution >= 4 is 22.7 Å². The van der Waals surface area contributed by atoms with Crippen molar-refractivity contribution in [1.82, 2.24) is 0 Å². The van der Waals surface area contributed by atoms with Crippen LogP contribution in [0.3, 0.4) is 0 Å². The number of ether oxygens (including phenoxy) is 1. The summed E-state index contributed by atoms with van der Waals surface area (Å²) in [6.07, 6.45) is 0. The molecule has 0 aromatic heterocycles. The van der Waals surface area contributed by atoms with E-state index in [1.165, 1.54) is 12.1 Å². The number of benzene rings is 2. The molecule has 0 fully saturated rings. The largest absolute Gasteiger partial charge is 0.506 e. The molecule has 114 valence electrons. The Morgan fingerprint density at radius 1 is 0.857 bits per heavy atom. The lowest BCUT2D eigenvalue weighted by Crippen LogP contribution is -2.04.